The molecule has 0 aliphatic heterocycles. The molecule has 0 radical (unpaired) electrons. The highest BCUT2D eigenvalue weighted by Crippen LogP contribution is 2.26. The van der Waals surface area contributed by atoms with Crippen LogP contribution in [-0.4, -0.2) is 30.1 Å². The number of nitrogens with zero attached hydrogens (tertiary/aromatic N) is 4. The molecule has 0 fully saturated rings. The third-order valence-electron chi connectivity index (χ3n) is 5.04. The average molecular weight is 443 g/mol. The maximum Gasteiger partial charge on any atom is 0.275 e. The lowest BCUT2D eigenvalue weighted by Crippen LogP contribution is -2.24. The van der Waals surface area contributed by atoms with Crippen LogP contribution < -0.4 is 10.9 Å². The first kappa shape index (κ1) is 20.8. The van der Waals surface area contributed by atoms with Gasteiger partial charge < -0.3 is 14.9 Å². The fraction of sp³-hybridized carbons (Fsp3) is 0.238. The van der Waals surface area contributed by atoms with Gasteiger partial charge >= 0.3 is 0 Å². The van der Waals surface area contributed by atoms with E-state index in [1.165, 1.54) is 22.8 Å². The van der Waals surface area contributed by atoms with Crippen molar-refractivity contribution in [1.82, 2.24) is 29.5 Å². The van der Waals surface area contributed by atoms with Gasteiger partial charge in [-0.3, -0.25) is 9.59 Å². The Morgan fingerprint density at radius 3 is 2.77 bits per heavy atom. The molecule has 4 rings (SSSR count). The number of hydrogen-bond donors (Lipinski definition) is 2. The van der Waals surface area contributed by atoms with Crippen molar-refractivity contribution in [3.8, 4) is 11.4 Å². The average Bonchev–Trinajstić information content (AvgIpc) is 3.32. The molecule has 4 aromatic rings. The van der Waals surface area contributed by atoms with Crippen molar-refractivity contribution in [1.29, 1.82) is 0 Å². The van der Waals surface area contributed by atoms with Gasteiger partial charge in [-0.1, -0.05) is 25.4 Å². The SMILES string of the molecule is CC(C)c1c(C(=O)NCc2cncn2C)cn2nc(-c3ccc(Cl)c(F)c3)[nH]c(=O)c12. The van der Waals surface area contributed by atoms with Crippen molar-refractivity contribution in [2.45, 2.75) is 26.3 Å². The van der Waals surface area contributed by atoms with Gasteiger partial charge in [0.05, 0.1) is 29.2 Å². The second-order valence-electron chi connectivity index (χ2n) is 7.51. The van der Waals surface area contributed by atoms with Gasteiger partial charge in [-0.2, -0.15) is 0 Å². The lowest BCUT2D eigenvalue weighted by Gasteiger charge is -2.09. The smallest absolute Gasteiger partial charge is 0.275 e. The zero-order chi connectivity index (χ0) is 22.3. The lowest BCUT2D eigenvalue weighted by atomic mass is 10.00. The third-order valence-corrected chi connectivity index (χ3v) is 5.35. The van der Waals surface area contributed by atoms with E-state index in [1.807, 2.05) is 25.5 Å². The van der Waals surface area contributed by atoms with E-state index < -0.39 is 11.4 Å². The van der Waals surface area contributed by atoms with Crippen molar-refractivity contribution in [3.05, 3.63) is 74.9 Å². The Labute approximate surface area is 181 Å². The van der Waals surface area contributed by atoms with Crippen molar-refractivity contribution in [3.63, 3.8) is 0 Å². The van der Waals surface area contributed by atoms with Crippen LogP contribution >= 0.6 is 11.6 Å². The Kier molecular flexibility index (Phi) is 5.36. The van der Waals surface area contributed by atoms with E-state index in [1.54, 1.807) is 18.6 Å². The van der Waals surface area contributed by atoms with Crippen LogP contribution in [0.15, 0.2) is 41.7 Å². The molecular weight excluding hydrogens is 423 g/mol. The number of carbonyl (C=O) groups excluding carboxylic acids is 1. The molecule has 2 N–H and O–H groups in total. The summed E-state index contributed by atoms with van der Waals surface area (Å²) in [5, 5.41) is 7.24. The summed E-state index contributed by atoms with van der Waals surface area (Å²) in [6, 6.07) is 4.15. The maximum atomic E-state index is 13.9. The van der Waals surface area contributed by atoms with Gasteiger partial charge in [0, 0.05) is 30.6 Å². The fourth-order valence-corrected chi connectivity index (χ4v) is 3.59. The number of aromatic amines is 1. The molecule has 3 aromatic heterocycles. The van der Waals surface area contributed by atoms with Gasteiger partial charge in [0.15, 0.2) is 5.82 Å². The zero-order valence-electron chi connectivity index (χ0n) is 17.1. The molecule has 0 bridgehead atoms. The van der Waals surface area contributed by atoms with Gasteiger partial charge in [-0.15, -0.1) is 5.10 Å². The van der Waals surface area contributed by atoms with E-state index in [2.05, 4.69) is 20.4 Å². The van der Waals surface area contributed by atoms with Crippen molar-refractivity contribution in [2.75, 3.05) is 0 Å². The molecular formula is C21H20ClFN6O2. The van der Waals surface area contributed by atoms with Crippen LogP contribution in [0.2, 0.25) is 5.02 Å². The topological polar surface area (TPSA) is 97.1 Å². The lowest BCUT2D eigenvalue weighted by molar-refractivity contribution is 0.0949. The van der Waals surface area contributed by atoms with Gasteiger partial charge in [-0.05, 0) is 24.1 Å². The summed E-state index contributed by atoms with van der Waals surface area (Å²) in [4.78, 5) is 32.5. The predicted octanol–water partition coefficient (Wildman–Crippen LogP) is 3.27. The number of H-pyrrole nitrogens is 1. The molecule has 1 aromatic carbocycles. The predicted molar refractivity (Wildman–Crippen MR) is 115 cm³/mol. The van der Waals surface area contributed by atoms with Crippen molar-refractivity contribution >= 4 is 23.0 Å². The summed E-state index contributed by atoms with van der Waals surface area (Å²) in [5.74, 6) is -0.884. The number of rotatable bonds is 5. The molecule has 8 nitrogen and oxygen atoms in total. The Hall–Kier alpha value is -3.46. The Morgan fingerprint density at radius 2 is 2.13 bits per heavy atom. The van der Waals surface area contributed by atoms with Crippen LogP contribution in [0.1, 0.15) is 41.4 Å². The van der Waals surface area contributed by atoms with E-state index in [0.29, 0.717) is 16.7 Å². The van der Waals surface area contributed by atoms with Gasteiger partial charge in [0.25, 0.3) is 11.5 Å². The highest BCUT2D eigenvalue weighted by atomic mass is 35.5. The zero-order valence-corrected chi connectivity index (χ0v) is 17.9. The van der Waals surface area contributed by atoms with Gasteiger partial charge in [0.1, 0.15) is 11.3 Å². The number of fused-ring (bicyclic) bond motifs is 1. The van der Waals surface area contributed by atoms with Crippen LogP contribution in [0, 0.1) is 5.82 Å². The monoisotopic (exact) mass is 442 g/mol. The van der Waals surface area contributed by atoms with Gasteiger partial charge in [-0.25, -0.2) is 13.9 Å². The number of halogens is 2. The highest BCUT2D eigenvalue weighted by Gasteiger charge is 2.23. The minimum Gasteiger partial charge on any atom is -0.346 e. The fourth-order valence-electron chi connectivity index (χ4n) is 3.47. The Bertz CT molecular complexity index is 1350. The molecule has 0 aliphatic rings. The summed E-state index contributed by atoms with van der Waals surface area (Å²) in [6.45, 7) is 4.09. The summed E-state index contributed by atoms with van der Waals surface area (Å²) >= 11 is 5.74. The van der Waals surface area contributed by atoms with Crippen molar-refractivity contribution in [2.24, 2.45) is 7.05 Å². The molecule has 3 heterocycles. The van der Waals surface area contributed by atoms with E-state index in [4.69, 9.17) is 11.6 Å². The van der Waals surface area contributed by atoms with Crippen LogP contribution in [0.5, 0.6) is 0 Å². The number of aromatic nitrogens is 5. The van der Waals surface area contributed by atoms with Crippen LogP contribution in [-0.2, 0) is 13.6 Å². The molecule has 0 unspecified atom stereocenters. The first-order valence-electron chi connectivity index (χ1n) is 9.60. The highest BCUT2D eigenvalue weighted by molar-refractivity contribution is 6.30. The molecule has 0 saturated carbocycles. The molecule has 0 spiro atoms. The van der Waals surface area contributed by atoms with Crippen LogP contribution in [0.3, 0.4) is 0 Å². The summed E-state index contributed by atoms with van der Waals surface area (Å²) in [6.07, 6.45) is 4.84. The quantitative estimate of drug-likeness (QED) is 0.495. The summed E-state index contributed by atoms with van der Waals surface area (Å²) in [7, 11) is 1.84. The molecule has 1 amide bonds. The van der Waals surface area contributed by atoms with Crippen LogP contribution in [0.4, 0.5) is 4.39 Å². The minimum absolute atomic E-state index is 0.0254. The molecule has 160 valence electrons. The number of imidazole rings is 1. The molecule has 0 aliphatic carbocycles. The molecule has 0 atom stereocenters. The number of amides is 1. The Balaban J connectivity index is 1.77. The minimum atomic E-state index is -0.618. The van der Waals surface area contributed by atoms with Gasteiger partial charge in [0.2, 0.25) is 0 Å². The van der Waals surface area contributed by atoms with E-state index in [9.17, 15) is 14.0 Å². The van der Waals surface area contributed by atoms with E-state index in [-0.39, 0.29) is 34.7 Å². The van der Waals surface area contributed by atoms with Crippen molar-refractivity contribution < 1.29 is 9.18 Å². The second kappa shape index (κ2) is 7.99. The first-order valence-corrected chi connectivity index (χ1v) is 9.98. The number of nitrogens with one attached hydrogen (secondary N) is 2. The number of aryl methyl sites for hydroxylation is 1. The molecule has 0 saturated heterocycles. The molecule has 10 heteroatoms. The molecule has 31 heavy (non-hydrogen) atoms. The third kappa shape index (κ3) is 3.84. The van der Waals surface area contributed by atoms with Crippen LogP contribution in [0.25, 0.3) is 16.9 Å². The number of benzene rings is 1. The maximum absolute atomic E-state index is 13.9. The summed E-state index contributed by atoms with van der Waals surface area (Å²) < 4.78 is 17.1. The van der Waals surface area contributed by atoms with E-state index >= 15 is 0 Å². The summed E-state index contributed by atoms with van der Waals surface area (Å²) in [5.41, 5.74) is 2.00. The van der Waals surface area contributed by atoms with E-state index in [0.717, 1.165) is 5.69 Å². The Morgan fingerprint density at radius 1 is 1.35 bits per heavy atom. The first-order chi connectivity index (χ1) is 14.8. The normalized spacial score (nSPS) is 11.4. The second-order valence-corrected chi connectivity index (χ2v) is 7.92. The number of hydrogen-bond acceptors (Lipinski definition) is 4. The standard InChI is InChI=1S/C21H20ClFN6O2/c1-11(2)17-14(20(30)25-8-13-7-24-10-28(13)3)9-29-18(17)21(31)26-19(27-29)12-4-5-15(22)16(23)6-12/h4-7,9-11H,8H2,1-3H3,(H,25,30)(H,26,27,31). The largest absolute Gasteiger partial charge is 0.346 e. The number of carbonyl (C=O) groups is 1.